The third-order valence-electron chi connectivity index (χ3n) is 4.02. The van der Waals surface area contributed by atoms with Gasteiger partial charge < -0.3 is 11.8 Å². The summed E-state index contributed by atoms with van der Waals surface area (Å²) in [7, 11) is 0. The summed E-state index contributed by atoms with van der Waals surface area (Å²) in [5.74, 6) is 0. The molecule has 2 heteroatoms. The maximum absolute atomic E-state index is 6.25. The largest absolute Gasteiger partial charge is 0.512 e. The zero-order valence-electron chi connectivity index (χ0n) is 14.2. The van der Waals surface area contributed by atoms with Gasteiger partial charge in [0.05, 0.1) is 12.7 Å². The lowest BCUT2D eigenvalue weighted by molar-refractivity contribution is -0.788. The van der Waals surface area contributed by atoms with Gasteiger partial charge in [0.15, 0.2) is 0 Å². The van der Waals surface area contributed by atoms with Crippen molar-refractivity contribution in [1.29, 1.82) is 5.26 Å². The highest BCUT2D eigenvalue weighted by Gasteiger charge is 2.09. The highest BCUT2D eigenvalue weighted by atomic mass is 15.1. The van der Waals surface area contributed by atoms with E-state index in [0.717, 1.165) is 0 Å². The molecule has 0 saturated heterocycles. The van der Waals surface area contributed by atoms with E-state index in [0.29, 0.717) is 0 Å². The Morgan fingerprint density at radius 1 is 0.857 bits per heavy atom. The van der Waals surface area contributed by atoms with Crippen LogP contribution >= 0.6 is 0 Å². The first-order valence-electron chi connectivity index (χ1n) is 8.83. The van der Waals surface area contributed by atoms with Gasteiger partial charge in [-0.3, -0.25) is 4.90 Å². The van der Waals surface area contributed by atoms with Crippen molar-refractivity contribution in [2.24, 2.45) is 0 Å². The molecule has 1 rings (SSSR count). The highest BCUT2D eigenvalue weighted by molar-refractivity contribution is 5.17. The molecule has 0 aliphatic carbocycles. The summed E-state index contributed by atoms with van der Waals surface area (Å²) in [6, 6.07) is 0. The van der Waals surface area contributed by atoms with Gasteiger partial charge in [0.25, 0.3) is 0 Å². The molecule has 1 atom stereocenters. The molecule has 2 nitrogen and oxygen atoms in total. The molecule has 0 fully saturated rings. The fourth-order valence-corrected chi connectivity index (χ4v) is 2.70. The second-order valence-electron chi connectivity index (χ2n) is 5.96. The van der Waals surface area contributed by atoms with Crippen molar-refractivity contribution in [1.82, 2.24) is 0 Å². The minimum Gasteiger partial charge on any atom is -0.512 e. The van der Waals surface area contributed by atoms with Crippen LogP contribution in [0.5, 0.6) is 0 Å². The number of hydrogen-bond donors (Lipinski definition) is 1. The van der Waals surface area contributed by atoms with E-state index in [1.807, 2.05) is 0 Å². The first-order valence-corrected chi connectivity index (χ1v) is 8.83. The quantitative estimate of drug-likeness (QED) is 0.409. The van der Waals surface area contributed by atoms with Gasteiger partial charge in [-0.1, -0.05) is 58.8 Å². The molecule has 1 aliphatic heterocycles. The van der Waals surface area contributed by atoms with Crippen LogP contribution in [0, 0.1) is 11.8 Å². The van der Waals surface area contributed by atoms with Crippen molar-refractivity contribution in [2.45, 2.75) is 84.5 Å². The second-order valence-corrected chi connectivity index (χ2v) is 5.96. The molecule has 0 amide bonds. The van der Waals surface area contributed by atoms with E-state index in [-0.39, 0.29) is 0 Å². The van der Waals surface area contributed by atoms with Gasteiger partial charge in [0.1, 0.15) is 6.20 Å². The minimum absolute atomic E-state index is 1.27. The van der Waals surface area contributed by atoms with Crippen LogP contribution in [0.2, 0.25) is 0 Å². The summed E-state index contributed by atoms with van der Waals surface area (Å²) in [5.41, 5.74) is 1.55. The third kappa shape index (κ3) is 11.3. The maximum atomic E-state index is 6.25. The van der Waals surface area contributed by atoms with Crippen molar-refractivity contribution < 1.29 is 4.90 Å². The predicted molar refractivity (Wildman–Crippen MR) is 90.2 cm³/mol. The van der Waals surface area contributed by atoms with E-state index < -0.39 is 0 Å². The summed E-state index contributed by atoms with van der Waals surface area (Å²) in [4.78, 5) is 1.57. The molecule has 0 bridgehead atoms. The molecule has 1 N–H and O–H groups in total. The fraction of sp³-hybridized carbons (Fsp3) is 0.737. The first-order chi connectivity index (χ1) is 10.4. The standard InChI is InChI=1S/C18H33N.CN/c1-3-5-7-8-9-10-11-12-15-19-16-14-18(17-19)13-6-4-2;1-2/h14,16-17H,3-13,15H2,1-2H3;/q;-1/p+1. The van der Waals surface area contributed by atoms with Crippen LogP contribution in [0.1, 0.15) is 84.5 Å². The molecular weight excluding hydrogens is 256 g/mol. The zero-order chi connectivity index (χ0) is 15.8. The Labute approximate surface area is 132 Å². The van der Waals surface area contributed by atoms with Gasteiger partial charge in [-0.2, -0.15) is 0 Å². The Hall–Kier alpha value is -1.07. The summed E-state index contributed by atoms with van der Waals surface area (Å²) >= 11 is 0. The van der Waals surface area contributed by atoms with Crippen LogP contribution in [0.25, 0.3) is 0 Å². The molecule has 1 heterocycles. The van der Waals surface area contributed by atoms with Crippen molar-refractivity contribution in [3.63, 3.8) is 0 Å². The van der Waals surface area contributed by atoms with Gasteiger partial charge in [-0.25, -0.2) is 0 Å². The number of hydrogen-bond acceptors (Lipinski definition) is 1. The number of nitrogens with one attached hydrogen (secondary N) is 1. The number of quaternary nitrogens is 1. The van der Waals surface area contributed by atoms with Gasteiger partial charge in [-0.05, 0) is 25.7 Å². The molecule has 21 heavy (non-hydrogen) atoms. The maximum Gasteiger partial charge on any atom is 0.102 e. The van der Waals surface area contributed by atoms with E-state index in [4.69, 9.17) is 11.8 Å². The molecular formula is C19H34N2. The van der Waals surface area contributed by atoms with Crippen LogP contribution < -0.4 is 4.90 Å². The first kappa shape index (κ1) is 19.9. The number of nitrogens with zero attached hydrogens (tertiary/aromatic N) is 1. The fourth-order valence-electron chi connectivity index (χ4n) is 2.70. The van der Waals surface area contributed by atoms with Gasteiger partial charge in [-0.15, -0.1) is 0 Å². The molecule has 0 aromatic heterocycles. The second kappa shape index (κ2) is 15.3. The predicted octanol–water partition coefficient (Wildman–Crippen LogP) is 4.71. The normalized spacial score (nSPS) is 16.4. The molecule has 1 unspecified atom stereocenters. The molecule has 0 spiro atoms. The van der Waals surface area contributed by atoms with E-state index >= 15 is 0 Å². The molecule has 1 aliphatic rings. The van der Waals surface area contributed by atoms with Crippen LogP contribution in [-0.4, -0.2) is 6.54 Å². The van der Waals surface area contributed by atoms with E-state index in [2.05, 4.69) is 32.3 Å². The van der Waals surface area contributed by atoms with Gasteiger partial charge in [0.2, 0.25) is 0 Å². The molecule has 0 aromatic rings. The Morgan fingerprint density at radius 3 is 2.05 bits per heavy atom. The Bertz CT molecular complexity index is 302. The molecule has 0 radical (unpaired) electrons. The minimum atomic E-state index is 1.27. The van der Waals surface area contributed by atoms with Crippen molar-refractivity contribution in [3.05, 3.63) is 30.6 Å². The summed E-state index contributed by atoms with van der Waals surface area (Å²) in [6.45, 7) is 10.6. The lowest BCUT2D eigenvalue weighted by Gasteiger charge is -2.06. The lowest BCUT2D eigenvalue weighted by atomic mass is 10.1. The van der Waals surface area contributed by atoms with Crippen molar-refractivity contribution in [2.75, 3.05) is 6.54 Å². The Balaban J connectivity index is 0.00000191. The third-order valence-corrected chi connectivity index (χ3v) is 4.02. The monoisotopic (exact) mass is 290 g/mol. The van der Waals surface area contributed by atoms with Crippen LogP contribution in [-0.2, 0) is 0 Å². The highest BCUT2D eigenvalue weighted by Crippen LogP contribution is 2.10. The SMILES string of the molecule is CCCCCCCCCC[NH+]1C=CC(CCCC)=C1.[C-]#N. The van der Waals surface area contributed by atoms with Crippen molar-refractivity contribution >= 4 is 0 Å². The van der Waals surface area contributed by atoms with E-state index in [9.17, 15) is 0 Å². The van der Waals surface area contributed by atoms with E-state index in [1.165, 1.54) is 77.2 Å². The van der Waals surface area contributed by atoms with Gasteiger partial charge in [0, 0.05) is 11.6 Å². The molecule has 0 saturated carbocycles. The summed E-state index contributed by atoms with van der Waals surface area (Å²) in [6.07, 6.45) is 22.4. The van der Waals surface area contributed by atoms with Crippen LogP contribution in [0.3, 0.4) is 0 Å². The zero-order valence-corrected chi connectivity index (χ0v) is 14.2. The van der Waals surface area contributed by atoms with Gasteiger partial charge >= 0.3 is 0 Å². The topological polar surface area (TPSA) is 28.2 Å². The summed E-state index contributed by atoms with van der Waals surface area (Å²) in [5, 5.41) is 6.25. The van der Waals surface area contributed by atoms with Crippen LogP contribution in [0.4, 0.5) is 0 Å². The average molecular weight is 290 g/mol. The lowest BCUT2D eigenvalue weighted by Crippen LogP contribution is -3.01. The number of rotatable bonds is 12. The summed E-state index contributed by atoms with van der Waals surface area (Å²) < 4.78 is 0. The smallest absolute Gasteiger partial charge is 0.102 e. The van der Waals surface area contributed by atoms with Crippen LogP contribution in [0.15, 0.2) is 24.0 Å². The van der Waals surface area contributed by atoms with E-state index in [1.54, 1.807) is 10.5 Å². The number of unbranched alkanes of at least 4 members (excludes halogenated alkanes) is 8. The Morgan fingerprint density at radius 2 is 1.43 bits per heavy atom. The molecule has 120 valence electrons. The average Bonchev–Trinajstić information content (AvgIpc) is 2.98. The Kier molecular flexibility index (Phi) is 14.5. The molecule has 0 aromatic carbocycles. The van der Waals surface area contributed by atoms with Crippen molar-refractivity contribution in [3.8, 4) is 0 Å². The number of allylic oxidation sites excluding steroid dienone is 2.